The molecule has 0 aliphatic carbocycles. The van der Waals surface area contributed by atoms with Gasteiger partial charge in [-0.25, -0.2) is 0 Å². The predicted octanol–water partition coefficient (Wildman–Crippen LogP) is 2.62. The minimum absolute atomic E-state index is 0.193. The van der Waals surface area contributed by atoms with Crippen LogP contribution in [-0.2, 0) is 4.79 Å². The minimum atomic E-state index is -4.34. The van der Waals surface area contributed by atoms with Crippen LogP contribution in [0, 0.1) is 0 Å². The molecule has 114 valence electrons. The summed E-state index contributed by atoms with van der Waals surface area (Å²) in [5, 5.41) is 0. The van der Waals surface area contributed by atoms with E-state index >= 15 is 0 Å². The lowest BCUT2D eigenvalue weighted by Gasteiger charge is -2.39. The summed E-state index contributed by atoms with van der Waals surface area (Å²) in [6, 6.07) is 6.24. The Bertz CT molecular complexity index is 493. The van der Waals surface area contributed by atoms with Gasteiger partial charge in [-0.3, -0.25) is 9.69 Å². The molecule has 0 aromatic heterocycles. The third kappa shape index (κ3) is 3.64. The van der Waals surface area contributed by atoms with Crippen molar-refractivity contribution in [2.45, 2.75) is 12.2 Å². The van der Waals surface area contributed by atoms with E-state index in [4.69, 9.17) is 0 Å². The molecule has 1 atom stereocenters. The number of amides is 1. The molecule has 6 heteroatoms. The third-order valence-corrected chi connectivity index (χ3v) is 3.59. The van der Waals surface area contributed by atoms with Crippen molar-refractivity contribution in [2.75, 3.05) is 26.2 Å². The van der Waals surface area contributed by atoms with E-state index in [2.05, 4.69) is 6.58 Å². The second kappa shape index (κ2) is 6.30. The standard InChI is InChI=1S/C15H17F3N2O/c1-2-13(21)19-8-10-20(11-9-19)14(15(16,17)18)12-6-4-3-5-7-12/h2-7,14H,1,8-11H2. The number of nitrogens with zero attached hydrogens (tertiary/aromatic N) is 2. The zero-order valence-electron chi connectivity index (χ0n) is 11.5. The van der Waals surface area contributed by atoms with Gasteiger partial charge in [-0.05, 0) is 11.6 Å². The monoisotopic (exact) mass is 298 g/mol. The summed E-state index contributed by atoms with van der Waals surface area (Å²) in [6.07, 6.45) is -3.15. The molecule has 1 aromatic rings. The molecule has 1 aliphatic heterocycles. The molecule has 1 aromatic carbocycles. The summed E-state index contributed by atoms with van der Waals surface area (Å²) >= 11 is 0. The molecule has 0 radical (unpaired) electrons. The molecule has 21 heavy (non-hydrogen) atoms. The average Bonchev–Trinajstić information content (AvgIpc) is 2.47. The second-order valence-electron chi connectivity index (χ2n) is 4.92. The number of carbonyl (C=O) groups is 1. The van der Waals surface area contributed by atoms with Crippen molar-refractivity contribution in [1.82, 2.24) is 9.80 Å². The van der Waals surface area contributed by atoms with Crippen molar-refractivity contribution in [1.29, 1.82) is 0 Å². The van der Waals surface area contributed by atoms with Gasteiger partial charge in [0.2, 0.25) is 5.91 Å². The summed E-state index contributed by atoms with van der Waals surface area (Å²) in [7, 11) is 0. The molecular formula is C15H17F3N2O. The molecule has 1 fully saturated rings. The van der Waals surface area contributed by atoms with Gasteiger partial charge in [-0.1, -0.05) is 36.9 Å². The Labute approximate surface area is 121 Å². The molecule has 2 rings (SSSR count). The Hall–Kier alpha value is -1.82. The van der Waals surface area contributed by atoms with Gasteiger partial charge in [-0.15, -0.1) is 0 Å². The molecule has 1 saturated heterocycles. The first-order valence-corrected chi connectivity index (χ1v) is 6.70. The van der Waals surface area contributed by atoms with Gasteiger partial charge in [-0.2, -0.15) is 13.2 Å². The number of alkyl halides is 3. The van der Waals surface area contributed by atoms with Gasteiger partial charge in [0.1, 0.15) is 6.04 Å². The lowest BCUT2D eigenvalue weighted by Crippen LogP contribution is -2.51. The van der Waals surface area contributed by atoms with Crippen LogP contribution in [0.3, 0.4) is 0 Å². The van der Waals surface area contributed by atoms with Crippen LogP contribution in [-0.4, -0.2) is 48.1 Å². The molecule has 1 aliphatic rings. The molecule has 0 saturated carbocycles. The van der Waals surface area contributed by atoms with E-state index in [-0.39, 0.29) is 37.6 Å². The SMILES string of the molecule is C=CC(=O)N1CCN(C(c2ccccc2)C(F)(F)F)CC1. The number of halogens is 3. The van der Waals surface area contributed by atoms with Crippen LogP contribution < -0.4 is 0 Å². The van der Waals surface area contributed by atoms with Crippen molar-refractivity contribution < 1.29 is 18.0 Å². The molecule has 0 N–H and O–H groups in total. The maximum absolute atomic E-state index is 13.4. The van der Waals surface area contributed by atoms with Crippen molar-refractivity contribution in [2.24, 2.45) is 0 Å². The smallest absolute Gasteiger partial charge is 0.337 e. The highest BCUT2D eigenvalue weighted by atomic mass is 19.4. The lowest BCUT2D eigenvalue weighted by atomic mass is 10.0. The van der Waals surface area contributed by atoms with E-state index in [1.54, 1.807) is 18.2 Å². The zero-order chi connectivity index (χ0) is 15.5. The first kappa shape index (κ1) is 15.6. The van der Waals surface area contributed by atoms with E-state index in [1.807, 2.05) is 0 Å². The minimum Gasteiger partial charge on any atom is -0.337 e. The Balaban J connectivity index is 2.14. The number of benzene rings is 1. The van der Waals surface area contributed by atoms with Crippen LogP contribution in [0.1, 0.15) is 11.6 Å². The van der Waals surface area contributed by atoms with Crippen molar-refractivity contribution in [3.05, 3.63) is 48.6 Å². The van der Waals surface area contributed by atoms with Crippen LogP contribution in [0.25, 0.3) is 0 Å². The van der Waals surface area contributed by atoms with Crippen molar-refractivity contribution in [3.63, 3.8) is 0 Å². The van der Waals surface area contributed by atoms with Gasteiger partial charge < -0.3 is 4.90 Å². The van der Waals surface area contributed by atoms with E-state index in [9.17, 15) is 18.0 Å². The van der Waals surface area contributed by atoms with Crippen LogP contribution >= 0.6 is 0 Å². The van der Waals surface area contributed by atoms with Gasteiger partial charge in [0.15, 0.2) is 0 Å². The summed E-state index contributed by atoms with van der Waals surface area (Å²) in [6.45, 7) is 4.34. The molecular weight excluding hydrogens is 281 g/mol. The average molecular weight is 298 g/mol. The molecule has 1 unspecified atom stereocenters. The lowest BCUT2D eigenvalue weighted by molar-refractivity contribution is -0.190. The maximum atomic E-state index is 13.4. The number of hydrogen-bond acceptors (Lipinski definition) is 2. The fraction of sp³-hybridized carbons (Fsp3) is 0.400. The highest BCUT2D eigenvalue weighted by molar-refractivity contribution is 5.87. The summed E-state index contributed by atoms with van der Waals surface area (Å²) in [5.41, 5.74) is 0.230. The van der Waals surface area contributed by atoms with Crippen LogP contribution in [0.4, 0.5) is 13.2 Å². The quantitative estimate of drug-likeness (QED) is 0.801. The molecule has 0 bridgehead atoms. The number of hydrogen-bond donors (Lipinski definition) is 0. The Morgan fingerprint density at radius 2 is 1.71 bits per heavy atom. The second-order valence-corrected chi connectivity index (χ2v) is 4.92. The van der Waals surface area contributed by atoms with Crippen LogP contribution in [0.2, 0.25) is 0 Å². The molecule has 0 spiro atoms. The van der Waals surface area contributed by atoms with Gasteiger partial charge >= 0.3 is 6.18 Å². The van der Waals surface area contributed by atoms with Crippen LogP contribution in [0.5, 0.6) is 0 Å². The molecule has 1 amide bonds. The van der Waals surface area contributed by atoms with Gasteiger partial charge in [0.25, 0.3) is 0 Å². The van der Waals surface area contributed by atoms with Gasteiger partial charge in [0, 0.05) is 26.2 Å². The topological polar surface area (TPSA) is 23.6 Å². The van der Waals surface area contributed by atoms with E-state index in [0.717, 1.165) is 0 Å². The zero-order valence-corrected chi connectivity index (χ0v) is 11.5. The normalized spacial score (nSPS) is 18.3. The first-order valence-electron chi connectivity index (χ1n) is 6.70. The molecule has 3 nitrogen and oxygen atoms in total. The first-order chi connectivity index (χ1) is 9.93. The van der Waals surface area contributed by atoms with E-state index in [1.165, 1.54) is 28.0 Å². The summed E-state index contributed by atoms with van der Waals surface area (Å²) in [4.78, 5) is 14.4. The largest absolute Gasteiger partial charge is 0.408 e. The Kier molecular flexibility index (Phi) is 4.67. The van der Waals surface area contributed by atoms with Crippen molar-refractivity contribution in [3.8, 4) is 0 Å². The summed E-state index contributed by atoms with van der Waals surface area (Å²) in [5.74, 6) is -0.238. The van der Waals surface area contributed by atoms with E-state index in [0.29, 0.717) is 0 Å². The highest BCUT2D eigenvalue weighted by Crippen LogP contribution is 2.37. The number of carbonyl (C=O) groups excluding carboxylic acids is 1. The van der Waals surface area contributed by atoms with Crippen LogP contribution in [0.15, 0.2) is 43.0 Å². The fourth-order valence-electron chi connectivity index (χ4n) is 2.57. The molecule has 1 heterocycles. The summed E-state index contributed by atoms with van der Waals surface area (Å²) < 4.78 is 40.1. The maximum Gasteiger partial charge on any atom is 0.408 e. The van der Waals surface area contributed by atoms with Gasteiger partial charge in [0.05, 0.1) is 0 Å². The number of piperazine rings is 1. The third-order valence-electron chi connectivity index (χ3n) is 3.59. The number of rotatable bonds is 3. The fourth-order valence-corrected chi connectivity index (χ4v) is 2.57. The van der Waals surface area contributed by atoms with Crippen molar-refractivity contribution >= 4 is 5.91 Å². The van der Waals surface area contributed by atoms with E-state index < -0.39 is 12.2 Å². The Morgan fingerprint density at radius 3 is 2.19 bits per heavy atom. The Morgan fingerprint density at radius 1 is 1.14 bits per heavy atom. The predicted molar refractivity (Wildman–Crippen MR) is 73.6 cm³/mol. The highest BCUT2D eigenvalue weighted by Gasteiger charge is 2.45.